The zero-order valence-corrected chi connectivity index (χ0v) is 26.7. The lowest BCUT2D eigenvalue weighted by Crippen LogP contribution is -2.56. The number of ether oxygens (including phenoxy) is 1. The summed E-state index contributed by atoms with van der Waals surface area (Å²) in [4.78, 5) is 13.1. The highest BCUT2D eigenvalue weighted by atomic mass is 16.5. The van der Waals surface area contributed by atoms with Gasteiger partial charge in [-0.3, -0.25) is 4.79 Å². The summed E-state index contributed by atoms with van der Waals surface area (Å²) < 4.78 is 6.38. The second kappa shape index (κ2) is 10.6. The van der Waals surface area contributed by atoms with Crippen molar-refractivity contribution in [2.45, 2.75) is 139 Å². The van der Waals surface area contributed by atoms with Crippen LogP contribution in [0.25, 0.3) is 0 Å². The summed E-state index contributed by atoms with van der Waals surface area (Å²) in [6, 6.07) is 0. The highest BCUT2D eigenvalue weighted by molar-refractivity contribution is 5.72. The molecule has 0 amide bonds. The molecule has 0 radical (unpaired) electrons. The van der Waals surface area contributed by atoms with E-state index in [4.69, 9.17) is 4.74 Å². The van der Waals surface area contributed by atoms with E-state index in [-0.39, 0.29) is 28.8 Å². The van der Waals surface area contributed by atoms with Gasteiger partial charge in [-0.1, -0.05) is 64.3 Å². The quantitative estimate of drug-likeness (QED) is 0.271. The molecule has 39 heavy (non-hydrogen) atoms. The predicted octanol–water partition coefficient (Wildman–Crippen LogP) is 9.03. The molecule has 1 aliphatic heterocycles. The van der Waals surface area contributed by atoms with E-state index in [0.29, 0.717) is 16.7 Å². The summed E-state index contributed by atoms with van der Waals surface area (Å²) in [5.74, 6) is 2.40. The van der Waals surface area contributed by atoms with Crippen molar-refractivity contribution in [3.8, 4) is 0 Å². The molecule has 0 bridgehead atoms. The van der Waals surface area contributed by atoms with Gasteiger partial charge < -0.3 is 10.1 Å². The summed E-state index contributed by atoms with van der Waals surface area (Å²) in [5, 5.41) is 3.39. The van der Waals surface area contributed by atoms with Gasteiger partial charge in [0, 0.05) is 5.41 Å². The van der Waals surface area contributed by atoms with Crippen molar-refractivity contribution in [1.82, 2.24) is 5.32 Å². The van der Waals surface area contributed by atoms with Crippen LogP contribution in [0.1, 0.15) is 132 Å². The number of allylic oxidation sites excluding steroid dienone is 4. The number of carbonyl (C=O) groups excluding carboxylic acids is 1. The number of carbonyl (C=O) groups is 1. The molecule has 220 valence electrons. The van der Waals surface area contributed by atoms with Gasteiger partial charge in [0.15, 0.2) is 0 Å². The second-order valence-corrected chi connectivity index (χ2v) is 16.0. The van der Waals surface area contributed by atoms with Crippen molar-refractivity contribution in [1.29, 1.82) is 0 Å². The van der Waals surface area contributed by atoms with Crippen LogP contribution in [0.3, 0.4) is 0 Å². The third kappa shape index (κ3) is 4.79. The van der Waals surface area contributed by atoms with Crippen LogP contribution in [0.15, 0.2) is 22.8 Å². The van der Waals surface area contributed by atoms with Gasteiger partial charge >= 0.3 is 5.97 Å². The molecule has 7 atom stereocenters. The molecule has 0 spiro atoms. The average Bonchev–Trinajstić information content (AvgIpc) is 3.17. The van der Waals surface area contributed by atoms with Gasteiger partial charge in [-0.25, -0.2) is 0 Å². The first-order chi connectivity index (χ1) is 18.3. The average molecular weight is 538 g/mol. The Morgan fingerprint density at radius 1 is 0.949 bits per heavy atom. The van der Waals surface area contributed by atoms with Crippen molar-refractivity contribution in [3.63, 3.8) is 0 Å². The van der Waals surface area contributed by atoms with Gasteiger partial charge in [0.2, 0.25) is 0 Å². The smallest absolute Gasteiger partial charge is 0.309 e. The van der Waals surface area contributed by atoms with Gasteiger partial charge in [-0.05, 0) is 138 Å². The molecule has 0 aromatic rings. The lowest BCUT2D eigenvalue weighted by molar-refractivity contribution is -0.175. The van der Waals surface area contributed by atoms with E-state index >= 15 is 0 Å². The van der Waals surface area contributed by atoms with Crippen LogP contribution in [0, 0.1) is 45.3 Å². The van der Waals surface area contributed by atoms with Gasteiger partial charge in [-0.15, -0.1) is 0 Å². The minimum atomic E-state index is 0.0212. The molecule has 5 rings (SSSR count). The first kappa shape index (κ1) is 29.4. The monoisotopic (exact) mass is 537 g/mol. The van der Waals surface area contributed by atoms with Crippen LogP contribution in [-0.4, -0.2) is 25.2 Å². The number of hydrogen-bond donors (Lipinski definition) is 1. The van der Waals surface area contributed by atoms with Gasteiger partial charge in [0.1, 0.15) is 6.10 Å². The van der Waals surface area contributed by atoms with Gasteiger partial charge in [-0.2, -0.15) is 0 Å². The number of hydrogen-bond acceptors (Lipinski definition) is 3. The molecule has 4 aliphatic carbocycles. The van der Waals surface area contributed by atoms with E-state index in [2.05, 4.69) is 66.8 Å². The van der Waals surface area contributed by atoms with Crippen LogP contribution in [-0.2, 0) is 9.53 Å². The Hall–Kier alpha value is -1.09. The van der Waals surface area contributed by atoms with Crippen molar-refractivity contribution in [2.75, 3.05) is 13.1 Å². The Kier molecular flexibility index (Phi) is 8.02. The standard InChI is InChI=1S/C36H59NO2/c1-24(2)10-9-11-25(3)27-14-20-36(8)29-12-13-30-33(4,5)31(39-32(38)26-17-22-37-23-18-26)16-19-34(30,6)28(29)15-21-35(27,36)7/h10,25-27,30-31,37H,9,11-23H2,1-8H3/t25-,27-,30?,31+,34-,35-,36+/m1/s1. The second-order valence-electron chi connectivity index (χ2n) is 16.0. The topological polar surface area (TPSA) is 38.3 Å². The normalized spacial score (nSPS) is 40.8. The Morgan fingerprint density at radius 2 is 1.67 bits per heavy atom. The zero-order valence-electron chi connectivity index (χ0n) is 26.7. The maximum Gasteiger partial charge on any atom is 0.309 e. The van der Waals surface area contributed by atoms with E-state index < -0.39 is 0 Å². The molecule has 2 saturated carbocycles. The molecular formula is C36H59NO2. The summed E-state index contributed by atoms with van der Waals surface area (Å²) in [6.45, 7) is 21.7. The van der Waals surface area contributed by atoms with E-state index in [1.54, 1.807) is 0 Å². The summed E-state index contributed by atoms with van der Waals surface area (Å²) in [6.07, 6.45) is 17.1. The molecule has 0 aromatic carbocycles. The zero-order chi connectivity index (χ0) is 28.2. The molecule has 0 aromatic heterocycles. The number of piperidine rings is 1. The number of esters is 1. The number of fused-ring (bicyclic) bond motifs is 4. The van der Waals surface area contributed by atoms with E-state index in [0.717, 1.165) is 44.2 Å². The Balaban J connectivity index is 1.36. The van der Waals surface area contributed by atoms with Crippen molar-refractivity contribution >= 4 is 5.97 Å². The molecule has 1 saturated heterocycles. The Bertz CT molecular complexity index is 998. The third-order valence-electron chi connectivity index (χ3n) is 13.5. The van der Waals surface area contributed by atoms with Crippen molar-refractivity contribution in [2.24, 2.45) is 45.3 Å². The van der Waals surface area contributed by atoms with Crippen molar-refractivity contribution in [3.05, 3.63) is 22.8 Å². The highest BCUT2D eigenvalue weighted by Gasteiger charge is 2.63. The molecule has 1 heterocycles. The molecule has 3 heteroatoms. The fourth-order valence-corrected chi connectivity index (χ4v) is 11.0. The molecular weight excluding hydrogens is 478 g/mol. The first-order valence-electron chi connectivity index (χ1n) is 16.6. The van der Waals surface area contributed by atoms with E-state index in [1.807, 2.05) is 11.1 Å². The molecule has 3 nitrogen and oxygen atoms in total. The summed E-state index contributed by atoms with van der Waals surface area (Å²) in [5.41, 5.74) is 6.23. The maximum atomic E-state index is 13.1. The van der Waals surface area contributed by atoms with Crippen LogP contribution in [0.5, 0.6) is 0 Å². The minimum absolute atomic E-state index is 0.0212. The fourth-order valence-electron chi connectivity index (χ4n) is 11.0. The number of nitrogens with one attached hydrogen (secondary N) is 1. The largest absolute Gasteiger partial charge is 0.462 e. The van der Waals surface area contributed by atoms with Crippen LogP contribution in [0.4, 0.5) is 0 Å². The summed E-state index contributed by atoms with van der Waals surface area (Å²) in [7, 11) is 0. The minimum Gasteiger partial charge on any atom is -0.462 e. The SMILES string of the molecule is CC(C)=CCC[C@@H](C)[C@H]1CC[C@@]2(C)C3=C(CC[C@]12C)[C@@]1(C)CC[C@H](OC(=O)C2CCNCC2)C(C)(C)C1CC3. The van der Waals surface area contributed by atoms with Crippen LogP contribution in [0.2, 0.25) is 0 Å². The van der Waals surface area contributed by atoms with Gasteiger partial charge in [0.25, 0.3) is 0 Å². The highest BCUT2D eigenvalue weighted by Crippen LogP contribution is 2.72. The van der Waals surface area contributed by atoms with E-state index in [1.165, 1.54) is 63.4 Å². The van der Waals surface area contributed by atoms with Crippen molar-refractivity contribution < 1.29 is 9.53 Å². The Morgan fingerprint density at radius 3 is 2.36 bits per heavy atom. The first-order valence-corrected chi connectivity index (χ1v) is 16.6. The molecule has 5 aliphatic rings. The molecule has 1 N–H and O–H groups in total. The maximum absolute atomic E-state index is 13.1. The van der Waals surface area contributed by atoms with Crippen LogP contribution >= 0.6 is 0 Å². The summed E-state index contributed by atoms with van der Waals surface area (Å²) >= 11 is 0. The fraction of sp³-hybridized carbons (Fsp3) is 0.861. The van der Waals surface area contributed by atoms with Gasteiger partial charge in [0.05, 0.1) is 5.92 Å². The predicted molar refractivity (Wildman–Crippen MR) is 162 cm³/mol. The molecule has 1 unspecified atom stereocenters. The lowest BCUT2D eigenvalue weighted by atomic mass is 9.43. The Labute approximate surface area is 240 Å². The molecule has 3 fully saturated rings. The van der Waals surface area contributed by atoms with E-state index in [9.17, 15) is 4.79 Å². The lowest BCUT2D eigenvalue weighted by Gasteiger charge is -2.62. The van der Waals surface area contributed by atoms with Crippen LogP contribution < -0.4 is 5.32 Å². The third-order valence-corrected chi connectivity index (χ3v) is 13.5. The number of rotatable bonds is 6.